The lowest BCUT2D eigenvalue weighted by atomic mass is 9.82. The number of rotatable bonds is 6. The first kappa shape index (κ1) is 17.7. The molecule has 2 amide bonds. The summed E-state index contributed by atoms with van der Waals surface area (Å²) in [6.45, 7) is 5.23. The number of nitrogens with one attached hydrogen (secondary N) is 2. The maximum absolute atomic E-state index is 11.9. The number of aliphatic carboxylic acids is 1. The molecule has 3 N–H and O–H groups in total. The average molecular weight is 320 g/mol. The van der Waals surface area contributed by atoms with Crippen molar-refractivity contribution in [1.82, 2.24) is 10.6 Å². The number of urea groups is 1. The molecule has 1 heterocycles. The van der Waals surface area contributed by atoms with Crippen LogP contribution in [0, 0.1) is 5.41 Å². The minimum Gasteiger partial charge on any atom is -0.481 e. The highest BCUT2D eigenvalue weighted by Crippen LogP contribution is 2.26. The summed E-state index contributed by atoms with van der Waals surface area (Å²) in [6, 6.07) is -0.526. The van der Waals surface area contributed by atoms with Crippen LogP contribution in [0.2, 0.25) is 0 Å². The van der Waals surface area contributed by atoms with Gasteiger partial charge in [0.25, 0.3) is 0 Å². The summed E-state index contributed by atoms with van der Waals surface area (Å²) in [5.41, 5.74) is -1.77. The van der Waals surface area contributed by atoms with Gasteiger partial charge in [0.15, 0.2) is 9.84 Å². The SMILES string of the molecule is CCC(CC)(CNC(=O)NC1(C)CCS(=O)(=O)C1)C(=O)O. The summed E-state index contributed by atoms with van der Waals surface area (Å²) in [5.74, 6) is -0.964. The molecule has 1 rings (SSSR count). The van der Waals surface area contributed by atoms with Gasteiger partial charge in [-0.3, -0.25) is 4.79 Å². The molecular formula is C13H24N2O5S. The standard InChI is InChI=1S/C13H24N2O5S/c1-4-13(5-2,10(16)17)8-14-11(18)15-12(3)6-7-21(19,20)9-12/h4-9H2,1-3H3,(H,16,17)(H2,14,15,18). The van der Waals surface area contributed by atoms with Gasteiger partial charge in [-0.15, -0.1) is 0 Å². The van der Waals surface area contributed by atoms with E-state index in [1.165, 1.54) is 0 Å². The Labute approximate surface area is 125 Å². The van der Waals surface area contributed by atoms with E-state index < -0.39 is 32.8 Å². The number of sulfone groups is 1. The lowest BCUT2D eigenvalue weighted by Crippen LogP contribution is -2.53. The van der Waals surface area contributed by atoms with Gasteiger partial charge >= 0.3 is 12.0 Å². The van der Waals surface area contributed by atoms with Crippen molar-refractivity contribution in [1.29, 1.82) is 0 Å². The minimum atomic E-state index is -3.10. The Bertz CT molecular complexity index is 513. The number of carbonyl (C=O) groups is 2. The van der Waals surface area contributed by atoms with Crippen LogP contribution in [0.25, 0.3) is 0 Å². The van der Waals surface area contributed by atoms with Gasteiger partial charge in [-0.2, -0.15) is 0 Å². The second-order valence-electron chi connectivity index (χ2n) is 6.00. The molecule has 1 aliphatic rings. The predicted molar refractivity (Wildman–Crippen MR) is 78.9 cm³/mol. The van der Waals surface area contributed by atoms with Crippen LogP contribution in [0.15, 0.2) is 0 Å². The van der Waals surface area contributed by atoms with Gasteiger partial charge < -0.3 is 15.7 Å². The van der Waals surface area contributed by atoms with Crippen molar-refractivity contribution in [2.24, 2.45) is 5.41 Å². The number of hydrogen-bond donors (Lipinski definition) is 3. The molecule has 0 spiro atoms. The van der Waals surface area contributed by atoms with E-state index in [2.05, 4.69) is 10.6 Å². The summed E-state index contributed by atoms with van der Waals surface area (Å²) in [5, 5.41) is 14.5. The Hall–Kier alpha value is -1.31. The molecule has 21 heavy (non-hydrogen) atoms. The molecule has 0 aromatic heterocycles. The zero-order chi connectivity index (χ0) is 16.3. The first-order valence-electron chi connectivity index (χ1n) is 7.08. The molecule has 0 aromatic carbocycles. The van der Waals surface area contributed by atoms with Crippen LogP contribution in [0.5, 0.6) is 0 Å². The summed E-state index contributed by atoms with van der Waals surface area (Å²) in [4.78, 5) is 23.2. The largest absolute Gasteiger partial charge is 0.481 e. The fraction of sp³-hybridized carbons (Fsp3) is 0.846. The molecule has 0 aromatic rings. The van der Waals surface area contributed by atoms with Crippen molar-refractivity contribution < 1.29 is 23.1 Å². The Morgan fingerprint density at radius 3 is 2.24 bits per heavy atom. The molecular weight excluding hydrogens is 296 g/mol. The van der Waals surface area contributed by atoms with Crippen LogP contribution in [0.3, 0.4) is 0 Å². The topological polar surface area (TPSA) is 113 Å². The van der Waals surface area contributed by atoms with Gasteiger partial charge in [0.05, 0.1) is 22.5 Å². The van der Waals surface area contributed by atoms with Gasteiger partial charge in [-0.25, -0.2) is 13.2 Å². The van der Waals surface area contributed by atoms with Crippen molar-refractivity contribution in [3.8, 4) is 0 Å². The summed E-state index contributed by atoms with van der Waals surface area (Å²) in [6.07, 6.45) is 1.18. The van der Waals surface area contributed by atoms with E-state index in [1.54, 1.807) is 20.8 Å². The fourth-order valence-corrected chi connectivity index (χ4v) is 4.65. The molecule has 0 aliphatic carbocycles. The van der Waals surface area contributed by atoms with Crippen molar-refractivity contribution in [3.63, 3.8) is 0 Å². The van der Waals surface area contributed by atoms with Crippen molar-refractivity contribution >= 4 is 21.8 Å². The lowest BCUT2D eigenvalue weighted by molar-refractivity contribution is -0.149. The maximum atomic E-state index is 11.9. The van der Waals surface area contributed by atoms with Crippen LogP contribution < -0.4 is 10.6 Å². The van der Waals surface area contributed by atoms with E-state index in [-0.39, 0.29) is 18.1 Å². The minimum absolute atomic E-state index is 0.0179. The number of carbonyl (C=O) groups excluding carboxylic acids is 1. The Kier molecular flexibility index (Phi) is 5.25. The third-order valence-electron chi connectivity index (χ3n) is 4.31. The molecule has 122 valence electrons. The van der Waals surface area contributed by atoms with E-state index in [0.29, 0.717) is 19.3 Å². The zero-order valence-electron chi connectivity index (χ0n) is 12.7. The monoisotopic (exact) mass is 320 g/mol. The highest BCUT2D eigenvalue weighted by atomic mass is 32.2. The normalized spacial score (nSPS) is 24.5. The highest BCUT2D eigenvalue weighted by molar-refractivity contribution is 7.91. The van der Waals surface area contributed by atoms with Crippen LogP contribution in [-0.4, -0.2) is 49.1 Å². The highest BCUT2D eigenvalue weighted by Gasteiger charge is 2.40. The number of carboxylic acid groups (broad SMARTS) is 1. The van der Waals surface area contributed by atoms with Gasteiger partial charge in [-0.05, 0) is 26.2 Å². The number of carboxylic acids is 1. The first-order chi connectivity index (χ1) is 9.58. The maximum Gasteiger partial charge on any atom is 0.315 e. The molecule has 1 atom stereocenters. The van der Waals surface area contributed by atoms with Gasteiger partial charge in [0.2, 0.25) is 0 Å². The lowest BCUT2D eigenvalue weighted by Gasteiger charge is -2.29. The van der Waals surface area contributed by atoms with Crippen molar-refractivity contribution in [2.45, 2.75) is 45.6 Å². The van der Waals surface area contributed by atoms with Crippen LogP contribution in [-0.2, 0) is 14.6 Å². The first-order valence-corrected chi connectivity index (χ1v) is 8.90. The van der Waals surface area contributed by atoms with Gasteiger partial charge in [0, 0.05) is 6.54 Å². The van der Waals surface area contributed by atoms with E-state index in [0.717, 1.165) is 0 Å². The molecule has 1 fully saturated rings. The predicted octanol–water partition coefficient (Wildman–Crippen LogP) is 0.754. The van der Waals surface area contributed by atoms with E-state index in [9.17, 15) is 23.1 Å². The fourth-order valence-electron chi connectivity index (χ4n) is 2.55. The summed E-state index contributed by atoms with van der Waals surface area (Å²) < 4.78 is 23.0. The Balaban J connectivity index is 2.61. The quantitative estimate of drug-likeness (QED) is 0.668. The van der Waals surface area contributed by atoms with Gasteiger partial charge in [0.1, 0.15) is 0 Å². The molecule has 0 radical (unpaired) electrons. The Morgan fingerprint density at radius 2 is 1.86 bits per heavy atom. The third kappa shape index (κ3) is 4.33. The zero-order valence-corrected chi connectivity index (χ0v) is 13.5. The van der Waals surface area contributed by atoms with E-state index in [4.69, 9.17) is 0 Å². The van der Waals surface area contributed by atoms with Gasteiger partial charge in [-0.1, -0.05) is 13.8 Å². The molecule has 7 nitrogen and oxygen atoms in total. The molecule has 0 saturated carbocycles. The third-order valence-corrected chi connectivity index (χ3v) is 6.22. The molecule has 1 unspecified atom stereocenters. The molecule has 1 aliphatic heterocycles. The average Bonchev–Trinajstić information content (AvgIpc) is 2.64. The number of hydrogen-bond acceptors (Lipinski definition) is 4. The molecule has 1 saturated heterocycles. The summed E-state index contributed by atoms with van der Waals surface area (Å²) in [7, 11) is -3.10. The number of amides is 2. The van der Waals surface area contributed by atoms with Crippen LogP contribution >= 0.6 is 0 Å². The molecule has 8 heteroatoms. The smallest absolute Gasteiger partial charge is 0.315 e. The van der Waals surface area contributed by atoms with E-state index in [1.807, 2.05) is 0 Å². The van der Waals surface area contributed by atoms with Crippen LogP contribution in [0.1, 0.15) is 40.0 Å². The molecule has 0 bridgehead atoms. The summed E-state index contributed by atoms with van der Waals surface area (Å²) >= 11 is 0. The van der Waals surface area contributed by atoms with Crippen molar-refractivity contribution in [3.05, 3.63) is 0 Å². The second-order valence-corrected chi connectivity index (χ2v) is 8.19. The van der Waals surface area contributed by atoms with Crippen LogP contribution in [0.4, 0.5) is 4.79 Å². The van der Waals surface area contributed by atoms with E-state index >= 15 is 0 Å². The van der Waals surface area contributed by atoms with Crippen molar-refractivity contribution in [2.75, 3.05) is 18.1 Å². The second kappa shape index (κ2) is 6.21. The Morgan fingerprint density at radius 1 is 1.29 bits per heavy atom.